The van der Waals surface area contributed by atoms with Crippen LogP contribution in [0.1, 0.15) is 17.0 Å². The minimum Gasteiger partial charge on any atom is -0.351 e. The highest BCUT2D eigenvalue weighted by atomic mass is 32.2. The molecule has 1 N–H and O–H groups in total. The van der Waals surface area contributed by atoms with Crippen molar-refractivity contribution in [3.63, 3.8) is 0 Å². The van der Waals surface area contributed by atoms with Crippen LogP contribution < -0.4 is 5.32 Å². The summed E-state index contributed by atoms with van der Waals surface area (Å²) >= 11 is 1.56. The molecule has 0 aliphatic carbocycles. The normalized spacial score (nSPS) is 11.0. The molecule has 0 fully saturated rings. The van der Waals surface area contributed by atoms with Gasteiger partial charge in [0.2, 0.25) is 5.91 Å². The van der Waals surface area contributed by atoms with Crippen molar-refractivity contribution in [3.05, 3.63) is 89.7 Å². The molecule has 0 bridgehead atoms. The van der Waals surface area contributed by atoms with E-state index in [4.69, 9.17) is 0 Å². The van der Waals surface area contributed by atoms with Crippen LogP contribution in [0.5, 0.6) is 0 Å². The van der Waals surface area contributed by atoms with E-state index in [-0.39, 0.29) is 5.91 Å². The first kappa shape index (κ1) is 19.3. The third-order valence-electron chi connectivity index (χ3n) is 5.00. The molecule has 0 saturated carbocycles. The lowest BCUT2D eigenvalue weighted by Gasteiger charge is -2.08. The van der Waals surface area contributed by atoms with Gasteiger partial charge < -0.3 is 5.32 Å². The van der Waals surface area contributed by atoms with E-state index in [1.165, 1.54) is 10.8 Å². The van der Waals surface area contributed by atoms with Crippen LogP contribution in [-0.2, 0) is 11.3 Å². The van der Waals surface area contributed by atoms with Crippen LogP contribution in [0.4, 0.5) is 0 Å². The van der Waals surface area contributed by atoms with E-state index in [1.54, 1.807) is 11.8 Å². The maximum absolute atomic E-state index is 12.4. The lowest BCUT2D eigenvalue weighted by atomic mass is 10.1. The Morgan fingerprint density at radius 2 is 1.69 bits per heavy atom. The van der Waals surface area contributed by atoms with Crippen molar-refractivity contribution in [1.29, 1.82) is 0 Å². The van der Waals surface area contributed by atoms with Crippen LogP contribution in [0.3, 0.4) is 0 Å². The lowest BCUT2D eigenvalue weighted by Crippen LogP contribution is -2.25. The second kappa shape index (κ2) is 8.53. The molecule has 29 heavy (non-hydrogen) atoms. The first-order valence-electron chi connectivity index (χ1n) is 9.60. The topological polar surface area (TPSA) is 46.9 Å². The molecule has 0 spiro atoms. The van der Waals surface area contributed by atoms with E-state index in [9.17, 15) is 4.79 Å². The van der Waals surface area contributed by atoms with Crippen LogP contribution in [0.25, 0.3) is 16.5 Å². The van der Waals surface area contributed by atoms with Gasteiger partial charge in [0.25, 0.3) is 0 Å². The lowest BCUT2D eigenvalue weighted by molar-refractivity contribution is -0.118. The summed E-state index contributed by atoms with van der Waals surface area (Å²) in [5.74, 6) is 0.415. The molecule has 0 aliphatic rings. The van der Waals surface area contributed by atoms with Gasteiger partial charge in [0.1, 0.15) is 0 Å². The van der Waals surface area contributed by atoms with Crippen LogP contribution in [0.2, 0.25) is 0 Å². The van der Waals surface area contributed by atoms with Crippen LogP contribution in [0.15, 0.2) is 77.7 Å². The van der Waals surface area contributed by atoms with Crippen molar-refractivity contribution in [1.82, 2.24) is 15.1 Å². The molecule has 0 aliphatic heterocycles. The number of benzene rings is 3. The minimum atomic E-state index is 0.0226. The standard InChI is InChI=1S/C24H23N3OS/c1-17-23(18(2)27(26-17)21-10-4-3-5-11-21)15-25-24(28)16-29-22-13-12-19-8-6-7-9-20(19)14-22/h3-14H,15-16H2,1-2H3,(H,25,28). The van der Waals surface area contributed by atoms with E-state index in [0.717, 1.165) is 27.5 Å². The number of para-hydroxylation sites is 1. The summed E-state index contributed by atoms with van der Waals surface area (Å²) < 4.78 is 1.93. The van der Waals surface area contributed by atoms with Gasteiger partial charge in [-0.2, -0.15) is 5.10 Å². The number of carbonyl (C=O) groups is 1. The Morgan fingerprint density at radius 1 is 0.966 bits per heavy atom. The van der Waals surface area contributed by atoms with Crippen molar-refractivity contribution in [2.45, 2.75) is 25.3 Å². The fourth-order valence-corrected chi connectivity index (χ4v) is 4.17. The van der Waals surface area contributed by atoms with Gasteiger partial charge in [-0.05, 0) is 48.9 Å². The third kappa shape index (κ3) is 4.35. The van der Waals surface area contributed by atoms with Crippen molar-refractivity contribution in [2.75, 3.05) is 5.75 Å². The highest BCUT2D eigenvalue weighted by Crippen LogP contribution is 2.23. The minimum absolute atomic E-state index is 0.0226. The van der Waals surface area contributed by atoms with E-state index in [0.29, 0.717) is 12.3 Å². The van der Waals surface area contributed by atoms with Gasteiger partial charge in [-0.25, -0.2) is 4.68 Å². The molecule has 4 nitrogen and oxygen atoms in total. The number of aryl methyl sites for hydroxylation is 1. The number of hydrogen-bond acceptors (Lipinski definition) is 3. The molecule has 3 aromatic carbocycles. The maximum Gasteiger partial charge on any atom is 0.230 e. The van der Waals surface area contributed by atoms with E-state index in [2.05, 4.69) is 40.7 Å². The molecule has 5 heteroatoms. The van der Waals surface area contributed by atoms with Crippen molar-refractivity contribution < 1.29 is 4.79 Å². The number of thioether (sulfide) groups is 1. The fourth-order valence-electron chi connectivity index (χ4n) is 3.40. The summed E-state index contributed by atoms with van der Waals surface area (Å²) in [6, 6.07) is 24.6. The Balaban J connectivity index is 1.37. The highest BCUT2D eigenvalue weighted by molar-refractivity contribution is 8.00. The second-order valence-electron chi connectivity index (χ2n) is 6.97. The summed E-state index contributed by atoms with van der Waals surface area (Å²) in [7, 11) is 0. The van der Waals surface area contributed by atoms with Gasteiger partial charge in [0.05, 0.1) is 17.1 Å². The fraction of sp³-hybridized carbons (Fsp3) is 0.167. The summed E-state index contributed by atoms with van der Waals surface area (Å²) in [6.45, 7) is 4.51. The van der Waals surface area contributed by atoms with Crippen LogP contribution in [0, 0.1) is 13.8 Å². The summed E-state index contributed by atoms with van der Waals surface area (Å²) in [4.78, 5) is 13.5. The quantitative estimate of drug-likeness (QED) is 0.460. The first-order chi connectivity index (χ1) is 14.1. The predicted molar refractivity (Wildman–Crippen MR) is 120 cm³/mol. The van der Waals surface area contributed by atoms with Gasteiger partial charge in [-0.15, -0.1) is 11.8 Å². The first-order valence-corrected chi connectivity index (χ1v) is 10.6. The van der Waals surface area contributed by atoms with Gasteiger partial charge >= 0.3 is 0 Å². The summed E-state index contributed by atoms with van der Waals surface area (Å²) in [6.07, 6.45) is 0. The Kier molecular flexibility index (Phi) is 5.67. The van der Waals surface area contributed by atoms with E-state index in [1.807, 2.05) is 61.0 Å². The van der Waals surface area contributed by atoms with Gasteiger partial charge in [-0.1, -0.05) is 48.5 Å². The zero-order chi connectivity index (χ0) is 20.2. The second-order valence-corrected chi connectivity index (χ2v) is 8.02. The molecule has 1 aromatic heterocycles. The molecule has 0 unspecified atom stereocenters. The van der Waals surface area contributed by atoms with Gasteiger partial charge in [-0.3, -0.25) is 4.79 Å². The number of nitrogens with one attached hydrogen (secondary N) is 1. The molecule has 0 atom stereocenters. The Morgan fingerprint density at radius 3 is 2.48 bits per heavy atom. The number of fused-ring (bicyclic) bond motifs is 1. The number of amides is 1. The van der Waals surface area contributed by atoms with Crippen LogP contribution >= 0.6 is 11.8 Å². The molecule has 146 valence electrons. The average Bonchev–Trinajstić information content (AvgIpc) is 3.04. The zero-order valence-electron chi connectivity index (χ0n) is 16.6. The molecule has 1 amide bonds. The summed E-state index contributed by atoms with van der Waals surface area (Å²) in [5, 5.41) is 10.1. The van der Waals surface area contributed by atoms with Crippen molar-refractivity contribution in [2.24, 2.45) is 0 Å². The third-order valence-corrected chi connectivity index (χ3v) is 5.99. The predicted octanol–water partition coefficient (Wildman–Crippen LogP) is 5.05. The highest BCUT2D eigenvalue weighted by Gasteiger charge is 2.13. The number of carbonyl (C=O) groups excluding carboxylic acids is 1. The molecular formula is C24H23N3OS. The summed E-state index contributed by atoms with van der Waals surface area (Å²) in [5.41, 5.74) is 4.08. The average molecular weight is 402 g/mol. The van der Waals surface area contributed by atoms with E-state index < -0.39 is 0 Å². The van der Waals surface area contributed by atoms with Gasteiger partial charge in [0, 0.05) is 22.7 Å². The molecule has 0 radical (unpaired) electrons. The number of nitrogens with zero attached hydrogens (tertiary/aromatic N) is 2. The van der Waals surface area contributed by atoms with Gasteiger partial charge in [0.15, 0.2) is 0 Å². The molecule has 1 heterocycles. The molecule has 4 aromatic rings. The molecule has 4 rings (SSSR count). The number of aromatic nitrogens is 2. The molecular weight excluding hydrogens is 378 g/mol. The molecule has 0 saturated heterocycles. The maximum atomic E-state index is 12.4. The van der Waals surface area contributed by atoms with Crippen LogP contribution in [-0.4, -0.2) is 21.4 Å². The largest absolute Gasteiger partial charge is 0.351 e. The van der Waals surface area contributed by atoms with Crippen molar-refractivity contribution in [3.8, 4) is 5.69 Å². The monoisotopic (exact) mass is 401 g/mol. The number of hydrogen-bond donors (Lipinski definition) is 1. The zero-order valence-corrected chi connectivity index (χ0v) is 17.4. The Bertz CT molecular complexity index is 1150. The van der Waals surface area contributed by atoms with Crippen molar-refractivity contribution >= 4 is 28.4 Å². The Labute approximate surface area is 174 Å². The number of rotatable bonds is 6. The smallest absolute Gasteiger partial charge is 0.230 e. The van der Waals surface area contributed by atoms with E-state index >= 15 is 0 Å². The Hall–Kier alpha value is -3.05. The SMILES string of the molecule is Cc1nn(-c2ccccc2)c(C)c1CNC(=O)CSc1ccc2ccccc2c1.